The number of phenolic OH excluding ortho intramolecular Hbond substituents is 1. The van der Waals surface area contributed by atoms with E-state index in [4.69, 9.17) is 19.7 Å². The van der Waals surface area contributed by atoms with E-state index < -0.39 is 30.0 Å². The average Bonchev–Trinajstić information content (AvgIpc) is 2.16. The molecule has 2 aromatic carbocycles. The molecule has 5 N–H and O–H groups in total. The van der Waals surface area contributed by atoms with Crippen molar-refractivity contribution in [3.8, 4) is 33.3 Å². The molecule has 88 heavy (non-hydrogen) atoms. The molecule has 5 saturated heterocycles. The first-order chi connectivity index (χ1) is 42.7. The standard InChI is InChI=1S/C66H83N13O8S/c1-39(2)60(65(83)78-37-48(80)29-55(78)64(82)70-61(66(84)74(4)44-8-7-9-44)42-12-14-43(15-13-42)62-40(3)69-38-88-62)57-33-58(73-87-57)76-26-19-41(20-27-76)34-75-24-21-49(22-25-75)85-50-30-51(31-50)86-59-28-45(18-23-68-59)79-46-16-17-47(79)36-77(35-46)54-32-53(71-72-63(54)67)52-10-5-6-11-56(52)81/h5-6,10-15,18,23,28,32-33,38-39,41,44,46-51,55,60-61,80-81H,7-9,16-17,19-22,24-27,29-31,34-37H2,1-4H3,(H2,67,72)(H,70,82)/t46-,47?,48-,50?,51?,55+,60-,61-/m1/s1. The predicted octanol–water partition coefficient (Wildman–Crippen LogP) is 7.98. The number of benzene rings is 2. The fourth-order valence-electron chi connectivity index (χ4n) is 14.6. The Morgan fingerprint density at radius 1 is 0.841 bits per heavy atom. The summed E-state index contributed by atoms with van der Waals surface area (Å²) in [6.45, 7) is 12.2. The number of anilines is 4. The lowest BCUT2D eigenvalue weighted by molar-refractivity contribution is -0.143. The summed E-state index contributed by atoms with van der Waals surface area (Å²) < 4.78 is 19.1. The molecule has 21 nitrogen and oxygen atoms in total. The number of likely N-dealkylation sites (tertiary alicyclic amines) is 2. The van der Waals surface area contributed by atoms with Crippen molar-refractivity contribution in [2.45, 2.75) is 158 Å². The first kappa shape index (κ1) is 59.6. The van der Waals surface area contributed by atoms with Crippen LogP contribution < -0.4 is 30.5 Å². The zero-order valence-corrected chi connectivity index (χ0v) is 51.7. The fraction of sp³-hybridized carbons (Fsp3) is 0.545. The van der Waals surface area contributed by atoms with E-state index in [1.165, 1.54) is 4.90 Å². The first-order valence-electron chi connectivity index (χ1n) is 31.9. The van der Waals surface area contributed by atoms with Gasteiger partial charge in [-0.3, -0.25) is 14.4 Å². The van der Waals surface area contributed by atoms with Gasteiger partial charge in [-0.25, -0.2) is 9.97 Å². The maximum Gasteiger partial charge on any atom is 0.249 e. The number of carbonyl (C=O) groups is 3. The minimum absolute atomic E-state index is 0.00661. The van der Waals surface area contributed by atoms with Crippen LogP contribution in [0.3, 0.4) is 0 Å². The molecule has 13 rings (SSSR count). The van der Waals surface area contributed by atoms with Gasteiger partial charge >= 0.3 is 0 Å². The molecule has 0 radical (unpaired) electrons. The Morgan fingerprint density at radius 3 is 2.28 bits per heavy atom. The number of aliphatic hydroxyl groups is 1. The molecule has 2 bridgehead atoms. The summed E-state index contributed by atoms with van der Waals surface area (Å²) in [6, 6.07) is 21.6. The second kappa shape index (κ2) is 25.6. The number of thiazole rings is 1. The number of hydrogen-bond acceptors (Lipinski definition) is 19. The first-order valence-corrected chi connectivity index (χ1v) is 32.8. The zero-order chi connectivity index (χ0) is 60.7. The van der Waals surface area contributed by atoms with E-state index in [1.807, 2.05) is 81.0 Å². The maximum atomic E-state index is 14.7. The van der Waals surface area contributed by atoms with E-state index in [9.17, 15) is 24.6 Å². The van der Waals surface area contributed by atoms with Gasteiger partial charge in [-0.2, -0.15) is 0 Å². The number of nitrogens with two attached hydrogens (primary N) is 1. The number of aliphatic hydroxyl groups excluding tert-OH is 1. The lowest BCUT2D eigenvalue weighted by Gasteiger charge is -2.43. The molecule has 4 aromatic heterocycles. The normalized spacial score (nSPS) is 24.3. The zero-order valence-electron chi connectivity index (χ0n) is 50.9. The number of hydrogen-bond donors (Lipinski definition) is 4. The van der Waals surface area contributed by atoms with Crippen molar-refractivity contribution < 1.29 is 38.6 Å². The number of ether oxygens (including phenoxy) is 2. The molecule has 2 aliphatic carbocycles. The molecule has 6 aromatic rings. The number of nitrogen functional groups attached to an aromatic ring is 1. The van der Waals surface area contributed by atoms with Crippen LogP contribution in [0, 0.1) is 18.8 Å². The molecule has 3 amide bonds. The smallest absolute Gasteiger partial charge is 0.249 e. The van der Waals surface area contributed by atoms with Crippen molar-refractivity contribution in [1.82, 2.24) is 45.3 Å². The molecule has 6 atom stereocenters. The number of piperazine rings is 1. The lowest BCUT2D eigenvalue weighted by Crippen LogP contribution is -2.54. The van der Waals surface area contributed by atoms with Gasteiger partial charge in [0.15, 0.2) is 17.4 Å². The van der Waals surface area contributed by atoms with Gasteiger partial charge in [-0.15, -0.1) is 21.5 Å². The van der Waals surface area contributed by atoms with Gasteiger partial charge in [0.25, 0.3) is 0 Å². The summed E-state index contributed by atoms with van der Waals surface area (Å²) in [5.41, 5.74) is 14.0. The summed E-state index contributed by atoms with van der Waals surface area (Å²) in [5, 5.41) is 37.7. The molecule has 466 valence electrons. The Hall–Kier alpha value is -7.40. The second-order valence-corrected chi connectivity index (χ2v) is 26.9. The topological polar surface area (TPSA) is 245 Å². The van der Waals surface area contributed by atoms with Crippen LogP contribution in [0.1, 0.15) is 120 Å². The summed E-state index contributed by atoms with van der Waals surface area (Å²) in [4.78, 5) is 66.3. The van der Waals surface area contributed by atoms with Crippen LogP contribution >= 0.6 is 11.3 Å². The van der Waals surface area contributed by atoms with E-state index in [0.29, 0.717) is 58.1 Å². The molecular weight excluding hydrogens is 1130 g/mol. The highest BCUT2D eigenvalue weighted by Crippen LogP contribution is 2.42. The van der Waals surface area contributed by atoms with Crippen LogP contribution in [0.5, 0.6) is 11.6 Å². The number of piperidine rings is 2. The molecule has 1 unspecified atom stereocenters. The largest absolute Gasteiger partial charge is 0.507 e. The molecule has 2 saturated carbocycles. The number of aromatic nitrogens is 5. The molecule has 9 heterocycles. The number of likely N-dealkylation sites (N-methyl/N-ethyl adjacent to an activating group) is 1. The Balaban J connectivity index is 0.551. The molecule has 22 heteroatoms. The molecule has 7 aliphatic rings. The SMILES string of the molecule is Cc1ncsc1-c1ccc([C@@H](NC(=O)[C@@H]2C[C@@H](O)CN2C(=O)[C@@H](c2cc(N3CCC(CN4CCC(OC5CC(Oc6cc(N7C8CC[C@@H]7CN(c7cc(-c9ccccc9O)nnc7N)C8)ccn6)C5)CC4)CC3)no2)C(C)C)C(=O)N(C)C2CCC2)cc1. The molecular formula is C66H83N13O8S. The summed E-state index contributed by atoms with van der Waals surface area (Å²) in [5.74, 6) is 0.954. The number of nitrogens with one attached hydrogen (secondary N) is 1. The van der Waals surface area contributed by atoms with E-state index in [-0.39, 0.29) is 60.8 Å². The third kappa shape index (κ3) is 12.5. The van der Waals surface area contributed by atoms with Crippen LogP contribution in [0.15, 0.2) is 89.0 Å². The Labute approximate surface area is 518 Å². The quantitative estimate of drug-likeness (QED) is 0.0600. The van der Waals surface area contributed by atoms with E-state index in [2.05, 4.69) is 62.4 Å². The Bertz CT molecular complexity index is 3420. The number of nitrogens with zero attached hydrogens (tertiary/aromatic N) is 11. The number of rotatable bonds is 19. The lowest BCUT2D eigenvalue weighted by atomic mass is 9.90. The van der Waals surface area contributed by atoms with E-state index in [1.54, 1.807) is 35.4 Å². The number of amides is 3. The summed E-state index contributed by atoms with van der Waals surface area (Å²) in [7, 11) is 1.80. The van der Waals surface area contributed by atoms with Crippen LogP contribution in [0.4, 0.5) is 23.0 Å². The highest BCUT2D eigenvalue weighted by atomic mass is 32.1. The van der Waals surface area contributed by atoms with Crippen LogP contribution in [0.2, 0.25) is 0 Å². The number of fused-ring (bicyclic) bond motifs is 2. The number of β-amino-alcohol motifs (C(OH)–C–C–N with tert-alkyl or cyclic N) is 1. The Morgan fingerprint density at radius 2 is 1.59 bits per heavy atom. The van der Waals surface area contributed by atoms with Gasteiger partial charge in [0.05, 0.1) is 45.8 Å². The van der Waals surface area contributed by atoms with Crippen molar-refractivity contribution in [1.29, 1.82) is 0 Å². The minimum Gasteiger partial charge on any atom is -0.507 e. The van der Waals surface area contributed by atoms with Gasteiger partial charge < -0.3 is 64.7 Å². The van der Waals surface area contributed by atoms with Gasteiger partial charge in [0.1, 0.15) is 29.9 Å². The highest BCUT2D eigenvalue weighted by Gasteiger charge is 2.46. The van der Waals surface area contributed by atoms with Crippen LogP contribution in [0.25, 0.3) is 21.7 Å². The van der Waals surface area contributed by atoms with Gasteiger partial charge in [-0.1, -0.05) is 55.4 Å². The number of phenols is 1. The van der Waals surface area contributed by atoms with E-state index >= 15 is 0 Å². The van der Waals surface area contributed by atoms with Crippen molar-refractivity contribution in [2.75, 3.05) is 79.8 Å². The molecule has 7 fully saturated rings. The van der Waals surface area contributed by atoms with Crippen molar-refractivity contribution in [3.05, 3.63) is 102 Å². The number of pyridine rings is 1. The maximum absolute atomic E-state index is 14.7. The highest BCUT2D eigenvalue weighted by molar-refractivity contribution is 7.13. The number of aromatic hydroxyl groups is 1. The van der Waals surface area contributed by atoms with Gasteiger partial charge in [-0.05, 0) is 112 Å². The summed E-state index contributed by atoms with van der Waals surface area (Å²) in [6.07, 6.45) is 12.3. The third-order valence-electron chi connectivity index (χ3n) is 19.9. The monoisotopic (exact) mass is 1220 g/mol. The Kier molecular flexibility index (Phi) is 17.3. The van der Waals surface area contributed by atoms with Crippen molar-refractivity contribution in [2.24, 2.45) is 11.8 Å². The number of para-hydroxylation sites is 1. The van der Waals surface area contributed by atoms with Crippen molar-refractivity contribution in [3.63, 3.8) is 0 Å². The van der Waals surface area contributed by atoms with E-state index in [0.717, 1.165) is 144 Å². The van der Waals surface area contributed by atoms with Gasteiger partial charge in [0, 0.05) is 126 Å². The average molecular weight is 1220 g/mol. The number of aryl methyl sites for hydroxylation is 1. The molecule has 5 aliphatic heterocycles. The van der Waals surface area contributed by atoms with Gasteiger partial charge in [0.2, 0.25) is 23.6 Å². The summed E-state index contributed by atoms with van der Waals surface area (Å²) >= 11 is 1.55. The molecule has 0 spiro atoms. The fourth-order valence-corrected chi connectivity index (χ4v) is 15.4. The minimum atomic E-state index is -0.984. The van der Waals surface area contributed by atoms with Crippen LogP contribution in [-0.4, -0.2) is 176 Å². The number of carbonyl (C=O) groups excluding carboxylic acids is 3. The predicted molar refractivity (Wildman–Crippen MR) is 336 cm³/mol. The second-order valence-electron chi connectivity index (χ2n) is 26.0. The van der Waals surface area contributed by atoms with Crippen molar-refractivity contribution >= 4 is 52.1 Å². The van der Waals surface area contributed by atoms with Crippen LogP contribution in [-0.2, 0) is 19.1 Å². The third-order valence-corrected chi connectivity index (χ3v) is 20.9.